The van der Waals surface area contributed by atoms with Crippen LogP contribution in [0.25, 0.3) is 10.9 Å². The van der Waals surface area contributed by atoms with Crippen LogP contribution in [0.5, 0.6) is 0 Å². The number of primary amides is 1. The van der Waals surface area contributed by atoms with Gasteiger partial charge in [-0.1, -0.05) is 12.1 Å². The van der Waals surface area contributed by atoms with Gasteiger partial charge in [-0.25, -0.2) is 14.8 Å². The molecule has 0 radical (unpaired) electrons. The number of hydrogen-bond acceptors (Lipinski definition) is 5. The highest BCUT2D eigenvalue weighted by Crippen LogP contribution is 2.19. The number of fused-ring (bicyclic) bond motifs is 1. The maximum atomic E-state index is 11.2. The summed E-state index contributed by atoms with van der Waals surface area (Å²) in [6, 6.07) is 6.32. The molecule has 0 saturated carbocycles. The lowest BCUT2D eigenvalue weighted by molar-refractivity contribution is -0.138. The normalized spacial score (nSPS) is 12.0. The van der Waals surface area contributed by atoms with Crippen LogP contribution in [0.1, 0.15) is 12.8 Å². The van der Waals surface area contributed by atoms with Gasteiger partial charge in [0.2, 0.25) is 5.91 Å². The number of rotatable bonds is 6. The van der Waals surface area contributed by atoms with Crippen LogP contribution in [0.2, 0.25) is 0 Å². The number of nitrogens with one attached hydrogen (secondary N) is 1. The molecular formula is C13H14N4O3. The van der Waals surface area contributed by atoms with Gasteiger partial charge in [0.1, 0.15) is 18.2 Å². The van der Waals surface area contributed by atoms with E-state index in [-0.39, 0.29) is 12.8 Å². The minimum Gasteiger partial charge on any atom is -0.480 e. The van der Waals surface area contributed by atoms with Gasteiger partial charge in [-0.15, -0.1) is 0 Å². The summed E-state index contributed by atoms with van der Waals surface area (Å²) in [5, 5.41) is 12.7. The topological polar surface area (TPSA) is 118 Å². The molecule has 104 valence electrons. The quantitative estimate of drug-likeness (QED) is 0.715. The molecule has 0 unspecified atom stereocenters. The number of nitrogens with zero attached hydrogens (tertiary/aromatic N) is 2. The fourth-order valence-corrected chi connectivity index (χ4v) is 1.83. The predicted molar refractivity (Wildman–Crippen MR) is 73.0 cm³/mol. The van der Waals surface area contributed by atoms with Crippen molar-refractivity contribution in [2.24, 2.45) is 5.73 Å². The average molecular weight is 274 g/mol. The van der Waals surface area contributed by atoms with Gasteiger partial charge in [0.25, 0.3) is 0 Å². The van der Waals surface area contributed by atoms with E-state index in [1.807, 2.05) is 12.1 Å². The first kappa shape index (κ1) is 13.7. The van der Waals surface area contributed by atoms with E-state index in [2.05, 4.69) is 15.3 Å². The summed E-state index contributed by atoms with van der Waals surface area (Å²) in [7, 11) is 0. The fourth-order valence-electron chi connectivity index (χ4n) is 1.83. The highest BCUT2D eigenvalue weighted by Gasteiger charge is 2.19. The highest BCUT2D eigenvalue weighted by atomic mass is 16.4. The Morgan fingerprint density at radius 1 is 1.30 bits per heavy atom. The average Bonchev–Trinajstić information content (AvgIpc) is 2.43. The monoisotopic (exact) mass is 274 g/mol. The molecule has 0 aliphatic heterocycles. The van der Waals surface area contributed by atoms with Crippen molar-refractivity contribution in [2.45, 2.75) is 18.9 Å². The van der Waals surface area contributed by atoms with Crippen molar-refractivity contribution in [1.82, 2.24) is 9.97 Å². The molecule has 2 aromatic rings. The minimum atomic E-state index is -1.06. The van der Waals surface area contributed by atoms with Crippen LogP contribution in [-0.4, -0.2) is 33.0 Å². The number of aromatic nitrogens is 2. The van der Waals surface area contributed by atoms with E-state index in [1.165, 1.54) is 6.33 Å². The van der Waals surface area contributed by atoms with E-state index in [1.54, 1.807) is 12.1 Å². The second kappa shape index (κ2) is 5.96. The lowest BCUT2D eigenvalue weighted by atomic mass is 10.1. The molecule has 2 rings (SSSR count). The van der Waals surface area contributed by atoms with E-state index in [0.29, 0.717) is 11.3 Å². The molecule has 7 heteroatoms. The number of carboxylic acid groups (broad SMARTS) is 1. The summed E-state index contributed by atoms with van der Waals surface area (Å²) in [5.41, 5.74) is 5.75. The molecule has 0 spiro atoms. The molecule has 20 heavy (non-hydrogen) atoms. The number of carboxylic acids is 1. The summed E-state index contributed by atoms with van der Waals surface area (Å²) in [4.78, 5) is 30.1. The molecule has 0 fully saturated rings. The molecule has 1 aromatic heterocycles. The van der Waals surface area contributed by atoms with Gasteiger partial charge in [-0.3, -0.25) is 4.79 Å². The smallest absolute Gasteiger partial charge is 0.326 e. The number of aliphatic carboxylic acids is 1. The molecule has 0 aliphatic rings. The maximum Gasteiger partial charge on any atom is 0.326 e. The first-order chi connectivity index (χ1) is 9.58. The molecule has 4 N–H and O–H groups in total. The van der Waals surface area contributed by atoms with Crippen LogP contribution in [0, 0.1) is 0 Å². The third kappa shape index (κ3) is 3.19. The Kier molecular flexibility index (Phi) is 4.09. The zero-order valence-electron chi connectivity index (χ0n) is 10.6. The second-order valence-electron chi connectivity index (χ2n) is 4.28. The molecule has 1 heterocycles. The first-order valence-corrected chi connectivity index (χ1v) is 6.05. The van der Waals surface area contributed by atoms with E-state index >= 15 is 0 Å². The molecular weight excluding hydrogens is 260 g/mol. The maximum absolute atomic E-state index is 11.2. The minimum absolute atomic E-state index is 0.00696. The Labute approximate surface area is 114 Å². The molecule has 0 aliphatic carbocycles. The Bertz CT molecular complexity index is 639. The van der Waals surface area contributed by atoms with Crippen molar-refractivity contribution in [3.05, 3.63) is 30.6 Å². The van der Waals surface area contributed by atoms with Gasteiger partial charge in [0.15, 0.2) is 0 Å². The van der Waals surface area contributed by atoms with Crippen molar-refractivity contribution in [3.63, 3.8) is 0 Å². The zero-order valence-corrected chi connectivity index (χ0v) is 10.6. The van der Waals surface area contributed by atoms with Gasteiger partial charge >= 0.3 is 5.97 Å². The second-order valence-corrected chi connectivity index (χ2v) is 4.28. The van der Waals surface area contributed by atoms with Crippen LogP contribution >= 0.6 is 0 Å². The van der Waals surface area contributed by atoms with Gasteiger partial charge in [0, 0.05) is 11.8 Å². The number of hydrogen-bond donors (Lipinski definition) is 3. The van der Waals surface area contributed by atoms with Crippen LogP contribution < -0.4 is 11.1 Å². The number of para-hydroxylation sites is 1. The molecule has 1 amide bonds. The zero-order chi connectivity index (χ0) is 14.5. The predicted octanol–water partition coefficient (Wildman–Crippen LogP) is 0.760. The van der Waals surface area contributed by atoms with Gasteiger partial charge < -0.3 is 16.2 Å². The number of anilines is 1. The number of nitrogens with two attached hydrogens (primary N) is 1. The molecule has 0 bridgehead atoms. The Morgan fingerprint density at radius 2 is 2.05 bits per heavy atom. The van der Waals surface area contributed by atoms with Crippen LogP contribution in [0.3, 0.4) is 0 Å². The third-order valence-corrected chi connectivity index (χ3v) is 2.83. The molecule has 0 saturated heterocycles. The Hall–Kier alpha value is -2.70. The van der Waals surface area contributed by atoms with Crippen molar-refractivity contribution in [2.75, 3.05) is 5.32 Å². The van der Waals surface area contributed by atoms with Gasteiger partial charge in [0.05, 0.1) is 5.52 Å². The van der Waals surface area contributed by atoms with Gasteiger partial charge in [-0.05, 0) is 18.6 Å². The lowest BCUT2D eigenvalue weighted by Crippen LogP contribution is -2.31. The SMILES string of the molecule is NC(=O)CC[C@@H](Nc1ncnc2ccccc12)C(=O)O. The standard InChI is InChI=1S/C13H14N4O3/c14-11(18)6-5-10(13(19)20)17-12-8-3-1-2-4-9(8)15-7-16-12/h1-4,7,10H,5-6H2,(H2,14,18)(H,19,20)(H,15,16,17)/t10-/m1/s1. The van der Waals surface area contributed by atoms with Crippen LogP contribution in [-0.2, 0) is 9.59 Å². The first-order valence-electron chi connectivity index (χ1n) is 6.05. The number of carbonyl (C=O) groups excluding carboxylic acids is 1. The van der Waals surface area contributed by atoms with E-state index in [9.17, 15) is 9.59 Å². The summed E-state index contributed by atoms with van der Waals surface area (Å²) in [6.07, 6.45) is 1.45. The third-order valence-electron chi connectivity index (χ3n) is 2.83. The van der Waals surface area contributed by atoms with Crippen molar-refractivity contribution >= 4 is 28.6 Å². The fraction of sp³-hybridized carbons (Fsp3) is 0.231. The van der Waals surface area contributed by atoms with E-state index in [4.69, 9.17) is 10.8 Å². The Morgan fingerprint density at radius 3 is 2.75 bits per heavy atom. The van der Waals surface area contributed by atoms with Crippen molar-refractivity contribution in [3.8, 4) is 0 Å². The van der Waals surface area contributed by atoms with Crippen LogP contribution in [0.15, 0.2) is 30.6 Å². The summed E-state index contributed by atoms with van der Waals surface area (Å²) >= 11 is 0. The Balaban J connectivity index is 2.24. The summed E-state index contributed by atoms with van der Waals surface area (Å²) in [6.45, 7) is 0. The largest absolute Gasteiger partial charge is 0.480 e. The number of carbonyl (C=O) groups is 2. The number of amides is 1. The molecule has 7 nitrogen and oxygen atoms in total. The van der Waals surface area contributed by atoms with Crippen LogP contribution in [0.4, 0.5) is 5.82 Å². The number of benzene rings is 1. The molecule has 1 atom stereocenters. The summed E-state index contributed by atoms with van der Waals surface area (Å²) < 4.78 is 0. The lowest BCUT2D eigenvalue weighted by Gasteiger charge is -2.15. The van der Waals surface area contributed by atoms with Crippen molar-refractivity contribution < 1.29 is 14.7 Å². The summed E-state index contributed by atoms with van der Waals surface area (Å²) in [5.74, 6) is -1.17. The highest BCUT2D eigenvalue weighted by molar-refractivity contribution is 5.90. The van der Waals surface area contributed by atoms with E-state index in [0.717, 1.165) is 5.39 Å². The molecule has 1 aromatic carbocycles. The van der Waals surface area contributed by atoms with Gasteiger partial charge in [-0.2, -0.15) is 0 Å². The van der Waals surface area contributed by atoms with Crippen molar-refractivity contribution in [1.29, 1.82) is 0 Å². The van der Waals surface area contributed by atoms with E-state index < -0.39 is 17.9 Å².